The average Bonchev–Trinajstić information content (AvgIpc) is 2.52. The molecular weight excluding hydrogens is 166 g/mol. The SMILES string of the molecule is CC1CN(c2cn(C)nn2)CCN1. The van der Waals surface area contributed by atoms with Crippen LogP contribution >= 0.6 is 0 Å². The topological polar surface area (TPSA) is 46.0 Å². The largest absolute Gasteiger partial charge is 0.351 e. The molecule has 1 aromatic heterocycles. The van der Waals surface area contributed by atoms with Crippen molar-refractivity contribution in [2.45, 2.75) is 13.0 Å². The molecule has 0 saturated carbocycles. The van der Waals surface area contributed by atoms with Crippen molar-refractivity contribution >= 4 is 5.82 Å². The van der Waals surface area contributed by atoms with Crippen LogP contribution in [0.3, 0.4) is 0 Å². The van der Waals surface area contributed by atoms with E-state index in [1.54, 1.807) is 4.68 Å². The fourth-order valence-corrected chi connectivity index (χ4v) is 1.62. The van der Waals surface area contributed by atoms with E-state index in [1.165, 1.54) is 0 Å². The Kier molecular flexibility index (Phi) is 2.18. The molecule has 1 aromatic rings. The highest BCUT2D eigenvalue weighted by Crippen LogP contribution is 2.10. The van der Waals surface area contributed by atoms with Crippen LogP contribution < -0.4 is 10.2 Å². The Morgan fingerprint density at radius 3 is 3.08 bits per heavy atom. The lowest BCUT2D eigenvalue weighted by atomic mass is 10.2. The van der Waals surface area contributed by atoms with Gasteiger partial charge in [0.15, 0.2) is 5.82 Å². The van der Waals surface area contributed by atoms with Gasteiger partial charge in [0.1, 0.15) is 0 Å². The Labute approximate surface area is 77.7 Å². The molecule has 0 bridgehead atoms. The van der Waals surface area contributed by atoms with E-state index in [0.29, 0.717) is 6.04 Å². The first kappa shape index (κ1) is 8.50. The maximum atomic E-state index is 4.08. The molecule has 72 valence electrons. The van der Waals surface area contributed by atoms with Gasteiger partial charge in [0.25, 0.3) is 0 Å². The second-order valence-electron chi connectivity index (χ2n) is 3.55. The molecule has 2 rings (SSSR count). The number of nitrogens with zero attached hydrogens (tertiary/aromatic N) is 4. The summed E-state index contributed by atoms with van der Waals surface area (Å²) >= 11 is 0. The van der Waals surface area contributed by atoms with Gasteiger partial charge in [-0.15, -0.1) is 5.10 Å². The first-order valence-electron chi connectivity index (χ1n) is 4.60. The monoisotopic (exact) mass is 181 g/mol. The third-order valence-corrected chi connectivity index (χ3v) is 2.28. The van der Waals surface area contributed by atoms with Gasteiger partial charge in [-0.25, -0.2) is 0 Å². The maximum absolute atomic E-state index is 4.08. The van der Waals surface area contributed by atoms with Crippen LogP contribution in [0.5, 0.6) is 0 Å². The molecule has 1 atom stereocenters. The predicted octanol–water partition coefficient (Wildman–Crippen LogP) is -0.387. The van der Waals surface area contributed by atoms with Crippen LogP contribution in [0.2, 0.25) is 0 Å². The van der Waals surface area contributed by atoms with E-state index >= 15 is 0 Å². The molecule has 1 unspecified atom stereocenters. The summed E-state index contributed by atoms with van der Waals surface area (Å²) in [6.07, 6.45) is 1.96. The number of aryl methyl sites for hydroxylation is 1. The third kappa shape index (κ3) is 1.80. The predicted molar refractivity (Wildman–Crippen MR) is 50.7 cm³/mol. The lowest BCUT2D eigenvalue weighted by molar-refractivity contribution is 0.482. The minimum atomic E-state index is 0.538. The summed E-state index contributed by atoms with van der Waals surface area (Å²) < 4.78 is 1.74. The molecule has 5 nitrogen and oxygen atoms in total. The fraction of sp³-hybridized carbons (Fsp3) is 0.750. The molecule has 13 heavy (non-hydrogen) atoms. The number of nitrogens with one attached hydrogen (secondary N) is 1. The molecule has 1 N–H and O–H groups in total. The Balaban J connectivity index is 2.08. The Hall–Kier alpha value is -1.10. The van der Waals surface area contributed by atoms with Crippen molar-refractivity contribution in [3.05, 3.63) is 6.20 Å². The quantitative estimate of drug-likeness (QED) is 0.641. The van der Waals surface area contributed by atoms with E-state index in [1.807, 2.05) is 13.2 Å². The molecular formula is C8H15N5. The van der Waals surface area contributed by atoms with Crippen molar-refractivity contribution in [2.24, 2.45) is 7.05 Å². The highest BCUT2D eigenvalue weighted by molar-refractivity contribution is 5.35. The van der Waals surface area contributed by atoms with E-state index in [2.05, 4.69) is 27.5 Å². The van der Waals surface area contributed by atoms with Crippen molar-refractivity contribution < 1.29 is 0 Å². The molecule has 5 heteroatoms. The molecule has 1 fully saturated rings. The molecule has 1 aliphatic rings. The molecule has 1 saturated heterocycles. The van der Waals surface area contributed by atoms with Gasteiger partial charge in [-0.2, -0.15) is 0 Å². The summed E-state index contributed by atoms with van der Waals surface area (Å²) in [7, 11) is 1.89. The lowest BCUT2D eigenvalue weighted by Crippen LogP contribution is -2.49. The molecule has 0 aromatic carbocycles. The smallest absolute Gasteiger partial charge is 0.171 e. The fourth-order valence-electron chi connectivity index (χ4n) is 1.62. The normalized spacial score (nSPS) is 23.5. The second-order valence-corrected chi connectivity index (χ2v) is 3.55. The van der Waals surface area contributed by atoms with Crippen LogP contribution in [0.4, 0.5) is 5.82 Å². The highest BCUT2D eigenvalue weighted by atomic mass is 15.5. The van der Waals surface area contributed by atoms with Crippen molar-refractivity contribution in [1.82, 2.24) is 20.3 Å². The summed E-state index contributed by atoms with van der Waals surface area (Å²) in [5.74, 6) is 0.982. The highest BCUT2D eigenvalue weighted by Gasteiger charge is 2.17. The van der Waals surface area contributed by atoms with Gasteiger partial charge in [-0.05, 0) is 6.92 Å². The first-order valence-corrected chi connectivity index (χ1v) is 4.60. The van der Waals surface area contributed by atoms with E-state index in [4.69, 9.17) is 0 Å². The van der Waals surface area contributed by atoms with Crippen LogP contribution in [0.1, 0.15) is 6.92 Å². The van der Waals surface area contributed by atoms with E-state index < -0.39 is 0 Å². The van der Waals surface area contributed by atoms with Crippen LogP contribution in [0.25, 0.3) is 0 Å². The van der Waals surface area contributed by atoms with Gasteiger partial charge in [0.2, 0.25) is 0 Å². The van der Waals surface area contributed by atoms with Crippen LogP contribution in [0, 0.1) is 0 Å². The van der Waals surface area contributed by atoms with Crippen LogP contribution in [-0.4, -0.2) is 40.7 Å². The zero-order valence-corrected chi connectivity index (χ0v) is 8.06. The van der Waals surface area contributed by atoms with Crippen molar-refractivity contribution in [2.75, 3.05) is 24.5 Å². The average molecular weight is 181 g/mol. The standard InChI is InChI=1S/C8H15N5/c1-7-5-13(4-3-9-7)8-6-12(2)11-10-8/h6-7,9H,3-5H2,1-2H3. The Morgan fingerprint density at radius 1 is 1.62 bits per heavy atom. The number of rotatable bonds is 1. The molecule has 1 aliphatic heterocycles. The van der Waals surface area contributed by atoms with E-state index in [9.17, 15) is 0 Å². The van der Waals surface area contributed by atoms with Crippen molar-refractivity contribution in [3.8, 4) is 0 Å². The lowest BCUT2D eigenvalue weighted by Gasteiger charge is -2.31. The van der Waals surface area contributed by atoms with Gasteiger partial charge >= 0.3 is 0 Å². The number of anilines is 1. The van der Waals surface area contributed by atoms with Crippen molar-refractivity contribution in [3.63, 3.8) is 0 Å². The van der Waals surface area contributed by atoms with E-state index in [0.717, 1.165) is 25.5 Å². The van der Waals surface area contributed by atoms with Gasteiger partial charge in [0.05, 0.1) is 6.20 Å². The van der Waals surface area contributed by atoms with Gasteiger partial charge in [0, 0.05) is 32.7 Å². The van der Waals surface area contributed by atoms with Crippen molar-refractivity contribution in [1.29, 1.82) is 0 Å². The maximum Gasteiger partial charge on any atom is 0.171 e. The first-order chi connectivity index (χ1) is 6.25. The summed E-state index contributed by atoms with van der Waals surface area (Å²) in [6.45, 7) is 5.24. The van der Waals surface area contributed by atoms with Crippen LogP contribution in [-0.2, 0) is 7.05 Å². The molecule has 0 aliphatic carbocycles. The molecule has 2 heterocycles. The summed E-state index contributed by atoms with van der Waals surface area (Å²) in [5, 5.41) is 11.4. The minimum absolute atomic E-state index is 0.538. The molecule has 0 spiro atoms. The number of hydrogen-bond donors (Lipinski definition) is 1. The number of hydrogen-bond acceptors (Lipinski definition) is 4. The number of piperazine rings is 1. The zero-order chi connectivity index (χ0) is 9.26. The molecule has 0 amide bonds. The molecule has 0 radical (unpaired) electrons. The Bertz CT molecular complexity index is 282. The summed E-state index contributed by atoms with van der Waals surface area (Å²) in [6, 6.07) is 0.538. The van der Waals surface area contributed by atoms with Crippen LogP contribution in [0.15, 0.2) is 6.20 Å². The van der Waals surface area contributed by atoms with Gasteiger partial charge in [-0.1, -0.05) is 5.21 Å². The summed E-state index contributed by atoms with van der Waals surface area (Å²) in [5.41, 5.74) is 0. The Morgan fingerprint density at radius 2 is 2.46 bits per heavy atom. The van der Waals surface area contributed by atoms with Gasteiger partial charge < -0.3 is 10.2 Å². The second kappa shape index (κ2) is 3.33. The number of aromatic nitrogens is 3. The zero-order valence-electron chi connectivity index (χ0n) is 8.06. The third-order valence-electron chi connectivity index (χ3n) is 2.28. The van der Waals surface area contributed by atoms with E-state index in [-0.39, 0.29) is 0 Å². The summed E-state index contributed by atoms with van der Waals surface area (Å²) in [4.78, 5) is 2.26. The minimum Gasteiger partial charge on any atom is -0.351 e. The van der Waals surface area contributed by atoms with Gasteiger partial charge in [-0.3, -0.25) is 4.68 Å².